The predicted molar refractivity (Wildman–Crippen MR) is 104 cm³/mol. The highest BCUT2D eigenvalue weighted by atomic mass is 35.5. The minimum atomic E-state index is -0.346. The average molecular weight is 388 g/mol. The number of aryl methyl sites for hydroxylation is 1. The first-order valence-electron chi connectivity index (χ1n) is 7.99. The van der Waals surface area contributed by atoms with Gasteiger partial charge in [0.15, 0.2) is 11.0 Å². The van der Waals surface area contributed by atoms with Crippen LogP contribution in [0.1, 0.15) is 12.5 Å². The molecule has 3 aromatic rings. The number of hydrogen-bond donors (Lipinski definition) is 1. The molecule has 1 amide bonds. The SMILES string of the molecule is Cc1ccc(Cl)cc1NC(=O)[C@H](C)Sc1nnc(-c2ccncc2)n1C. The van der Waals surface area contributed by atoms with Crippen molar-refractivity contribution in [3.63, 3.8) is 0 Å². The summed E-state index contributed by atoms with van der Waals surface area (Å²) >= 11 is 7.36. The molecule has 0 aliphatic carbocycles. The number of carbonyl (C=O) groups is 1. The maximum Gasteiger partial charge on any atom is 0.237 e. The predicted octanol–water partition coefficient (Wildman–Crippen LogP) is 3.96. The molecule has 0 aliphatic rings. The molecular weight excluding hydrogens is 370 g/mol. The molecule has 1 N–H and O–H groups in total. The van der Waals surface area contributed by atoms with E-state index in [1.165, 1.54) is 11.8 Å². The van der Waals surface area contributed by atoms with E-state index in [9.17, 15) is 4.79 Å². The summed E-state index contributed by atoms with van der Waals surface area (Å²) in [5.41, 5.74) is 2.59. The number of anilines is 1. The standard InChI is InChI=1S/C18H18ClN5OS/c1-11-4-5-14(19)10-15(11)21-17(25)12(2)26-18-23-22-16(24(18)3)13-6-8-20-9-7-13/h4-10,12H,1-3H3,(H,21,25)/t12-/m0/s1. The smallest absolute Gasteiger partial charge is 0.237 e. The second-order valence-electron chi connectivity index (χ2n) is 5.81. The zero-order chi connectivity index (χ0) is 18.7. The van der Waals surface area contributed by atoms with E-state index < -0.39 is 0 Å². The molecule has 0 saturated carbocycles. The van der Waals surface area contributed by atoms with Crippen LogP contribution in [0.3, 0.4) is 0 Å². The number of carbonyl (C=O) groups excluding carboxylic acids is 1. The third-order valence-electron chi connectivity index (χ3n) is 3.88. The van der Waals surface area contributed by atoms with E-state index in [1.807, 2.05) is 43.7 Å². The molecule has 0 fully saturated rings. The van der Waals surface area contributed by atoms with Crippen LogP contribution < -0.4 is 5.32 Å². The van der Waals surface area contributed by atoms with Gasteiger partial charge in [-0.1, -0.05) is 29.4 Å². The number of rotatable bonds is 5. The molecule has 0 spiro atoms. The molecule has 0 unspecified atom stereocenters. The minimum Gasteiger partial charge on any atom is -0.325 e. The van der Waals surface area contributed by atoms with Crippen LogP contribution in [0.5, 0.6) is 0 Å². The van der Waals surface area contributed by atoms with E-state index >= 15 is 0 Å². The minimum absolute atomic E-state index is 0.117. The van der Waals surface area contributed by atoms with Crippen LogP contribution in [0, 0.1) is 6.92 Å². The van der Waals surface area contributed by atoms with Gasteiger partial charge in [-0.3, -0.25) is 9.78 Å². The lowest BCUT2D eigenvalue weighted by atomic mass is 10.2. The fourth-order valence-corrected chi connectivity index (χ4v) is 3.33. The first-order chi connectivity index (χ1) is 12.5. The van der Waals surface area contributed by atoms with E-state index in [4.69, 9.17) is 11.6 Å². The number of pyridine rings is 1. The normalized spacial score (nSPS) is 12.0. The molecule has 26 heavy (non-hydrogen) atoms. The summed E-state index contributed by atoms with van der Waals surface area (Å²) in [5.74, 6) is 0.613. The number of aromatic nitrogens is 4. The number of nitrogens with one attached hydrogen (secondary N) is 1. The highest BCUT2D eigenvalue weighted by molar-refractivity contribution is 8.00. The number of amides is 1. The second kappa shape index (κ2) is 7.88. The summed E-state index contributed by atoms with van der Waals surface area (Å²) in [5, 5.41) is 12.3. The number of thioether (sulfide) groups is 1. The van der Waals surface area contributed by atoms with Gasteiger partial charge in [0, 0.05) is 35.7 Å². The van der Waals surface area contributed by atoms with Crippen molar-refractivity contribution in [3.8, 4) is 11.4 Å². The summed E-state index contributed by atoms with van der Waals surface area (Å²) in [6.45, 7) is 3.76. The molecule has 134 valence electrons. The van der Waals surface area contributed by atoms with E-state index in [1.54, 1.807) is 24.5 Å². The van der Waals surface area contributed by atoms with Gasteiger partial charge in [-0.15, -0.1) is 10.2 Å². The van der Waals surface area contributed by atoms with E-state index in [0.717, 1.165) is 17.0 Å². The van der Waals surface area contributed by atoms with Gasteiger partial charge in [-0.05, 0) is 43.7 Å². The third kappa shape index (κ3) is 4.05. The Morgan fingerprint density at radius 1 is 1.23 bits per heavy atom. The van der Waals surface area contributed by atoms with E-state index in [2.05, 4.69) is 20.5 Å². The zero-order valence-corrected chi connectivity index (χ0v) is 16.2. The van der Waals surface area contributed by atoms with Crippen LogP contribution in [0.25, 0.3) is 11.4 Å². The number of halogens is 1. The Morgan fingerprint density at radius 3 is 2.69 bits per heavy atom. The van der Waals surface area contributed by atoms with E-state index in [0.29, 0.717) is 15.9 Å². The van der Waals surface area contributed by atoms with Crippen LogP contribution in [0.2, 0.25) is 5.02 Å². The lowest BCUT2D eigenvalue weighted by Crippen LogP contribution is -2.23. The van der Waals surface area contributed by atoms with Crippen molar-refractivity contribution in [2.75, 3.05) is 5.32 Å². The quantitative estimate of drug-likeness (QED) is 0.671. The molecule has 0 radical (unpaired) electrons. The van der Waals surface area contributed by atoms with Gasteiger partial charge in [0.25, 0.3) is 0 Å². The Bertz CT molecular complexity index is 929. The van der Waals surface area contributed by atoms with Crippen molar-refractivity contribution in [2.45, 2.75) is 24.3 Å². The Morgan fingerprint density at radius 2 is 1.96 bits per heavy atom. The number of nitrogens with zero attached hydrogens (tertiary/aromatic N) is 4. The highest BCUT2D eigenvalue weighted by Gasteiger charge is 2.20. The molecule has 6 nitrogen and oxygen atoms in total. The zero-order valence-electron chi connectivity index (χ0n) is 14.6. The van der Waals surface area contributed by atoms with Crippen LogP contribution >= 0.6 is 23.4 Å². The monoisotopic (exact) mass is 387 g/mol. The van der Waals surface area contributed by atoms with Gasteiger partial charge >= 0.3 is 0 Å². The third-order valence-corrected chi connectivity index (χ3v) is 5.25. The van der Waals surface area contributed by atoms with Gasteiger partial charge in [0.1, 0.15) is 0 Å². The summed E-state index contributed by atoms with van der Waals surface area (Å²) in [6.07, 6.45) is 3.42. The van der Waals surface area contributed by atoms with Gasteiger partial charge in [-0.25, -0.2) is 0 Å². The van der Waals surface area contributed by atoms with Crippen molar-refractivity contribution in [2.24, 2.45) is 7.05 Å². The first kappa shape index (κ1) is 18.4. The van der Waals surface area contributed by atoms with Crippen LogP contribution in [0.4, 0.5) is 5.69 Å². The Balaban J connectivity index is 1.72. The molecule has 1 atom stereocenters. The lowest BCUT2D eigenvalue weighted by Gasteiger charge is -2.13. The topological polar surface area (TPSA) is 72.7 Å². The van der Waals surface area contributed by atoms with Crippen molar-refractivity contribution < 1.29 is 4.79 Å². The van der Waals surface area contributed by atoms with Crippen LogP contribution in [-0.2, 0) is 11.8 Å². The number of benzene rings is 1. The Labute approximate surface area is 161 Å². The van der Waals surface area contributed by atoms with Crippen LogP contribution in [-0.4, -0.2) is 30.9 Å². The molecule has 2 aromatic heterocycles. The molecule has 3 rings (SSSR count). The summed E-state index contributed by atoms with van der Waals surface area (Å²) in [7, 11) is 1.88. The van der Waals surface area contributed by atoms with Crippen molar-refractivity contribution in [1.29, 1.82) is 0 Å². The lowest BCUT2D eigenvalue weighted by molar-refractivity contribution is -0.115. The largest absolute Gasteiger partial charge is 0.325 e. The summed E-state index contributed by atoms with van der Waals surface area (Å²) < 4.78 is 1.87. The first-order valence-corrected chi connectivity index (χ1v) is 9.25. The maximum absolute atomic E-state index is 12.5. The molecule has 8 heteroatoms. The number of hydrogen-bond acceptors (Lipinski definition) is 5. The van der Waals surface area contributed by atoms with E-state index in [-0.39, 0.29) is 11.2 Å². The van der Waals surface area contributed by atoms with Gasteiger partial charge in [-0.2, -0.15) is 0 Å². The Hall–Kier alpha value is -2.38. The fourth-order valence-electron chi connectivity index (χ4n) is 2.34. The Kier molecular flexibility index (Phi) is 5.58. The average Bonchev–Trinajstić information content (AvgIpc) is 2.99. The van der Waals surface area contributed by atoms with Crippen molar-refractivity contribution in [3.05, 3.63) is 53.3 Å². The van der Waals surface area contributed by atoms with Gasteiger partial charge in [0.05, 0.1) is 5.25 Å². The van der Waals surface area contributed by atoms with Crippen molar-refractivity contribution >= 4 is 35.0 Å². The molecule has 0 bridgehead atoms. The second-order valence-corrected chi connectivity index (χ2v) is 7.55. The molecule has 1 aromatic carbocycles. The van der Waals surface area contributed by atoms with Gasteiger partial charge in [0.2, 0.25) is 5.91 Å². The molecule has 2 heterocycles. The maximum atomic E-state index is 12.5. The summed E-state index contributed by atoms with van der Waals surface area (Å²) in [4.78, 5) is 16.5. The molecule has 0 aliphatic heterocycles. The van der Waals surface area contributed by atoms with Crippen LogP contribution in [0.15, 0.2) is 47.9 Å². The summed E-state index contributed by atoms with van der Waals surface area (Å²) in [6, 6.07) is 9.16. The molecule has 0 saturated heterocycles. The fraction of sp³-hybridized carbons (Fsp3) is 0.222. The van der Waals surface area contributed by atoms with Crippen molar-refractivity contribution in [1.82, 2.24) is 19.7 Å². The molecular formula is C18H18ClN5OS. The highest BCUT2D eigenvalue weighted by Crippen LogP contribution is 2.27. The van der Waals surface area contributed by atoms with Gasteiger partial charge < -0.3 is 9.88 Å².